The Morgan fingerprint density at radius 2 is 1.83 bits per heavy atom. The molecule has 3 heteroatoms. The maximum atomic E-state index is 5.89. The molecule has 0 spiro atoms. The molecular weight excluding hydrogens is 246 g/mol. The summed E-state index contributed by atoms with van der Waals surface area (Å²) in [6, 6.07) is 13.5. The number of aryl methyl sites for hydroxylation is 1. The molecule has 2 nitrogen and oxygen atoms in total. The number of hydrogen-bond donors (Lipinski definition) is 1. The zero-order valence-corrected chi connectivity index (χ0v) is 11.1. The van der Waals surface area contributed by atoms with E-state index in [1.165, 1.54) is 5.56 Å². The minimum Gasteiger partial charge on any atom is -0.493 e. The summed E-state index contributed by atoms with van der Waals surface area (Å²) in [4.78, 5) is 0. The maximum absolute atomic E-state index is 5.89. The molecule has 0 aromatic heterocycles. The van der Waals surface area contributed by atoms with Crippen molar-refractivity contribution in [1.82, 2.24) is 0 Å². The van der Waals surface area contributed by atoms with Crippen LogP contribution in [0.15, 0.2) is 42.5 Å². The van der Waals surface area contributed by atoms with E-state index in [4.69, 9.17) is 22.1 Å². The normalized spacial score (nSPS) is 10.3. The molecule has 0 amide bonds. The lowest BCUT2D eigenvalue weighted by atomic mass is 10.1. The van der Waals surface area contributed by atoms with Crippen LogP contribution in [0.3, 0.4) is 0 Å². The fourth-order valence-electron chi connectivity index (χ4n) is 1.74. The third kappa shape index (κ3) is 3.41. The van der Waals surface area contributed by atoms with Crippen molar-refractivity contribution in [3.05, 3.63) is 58.6 Å². The van der Waals surface area contributed by atoms with Gasteiger partial charge in [-0.25, -0.2) is 0 Å². The van der Waals surface area contributed by atoms with Crippen LogP contribution >= 0.6 is 11.6 Å². The molecule has 0 aliphatic carbocycles. The Kier molecular flexibility index (Phi) is 4.11. The van der Waals surface area contributed by atoms with Gasteiger partial charge in [0.15, 0.2) is 0 Å². The molecule has 0 bridgehead atoms. The van der Waals surface area contributed by atoms with Gasteiger partial charge in [-0.3, -0.25) is 0 Å². The summed E-state index contributed by atoms with van der Waals surface area (Å²) in [6.07, 6.45) is 0.863. The second-order valence-corrected chi connectivity index (χ2v) is 4.69. The van der Waals surface area contributed by atoms with Crippen molar-refractivity contribution < 1.29 is 4.74 Å². The van der Waals surface area contributed by atoms with Crippen LogP contribution < -0.4 is 10.5 Å². The number of ether oxygens (including phenoxy) is 1. The Balaban J connectivity index is 1.90. The molecule has 0 unspecified atom stereocenters. The second kappa shape index (κ2) is 5.78. The number of nitrogen functional groups attached to an aromatic ring is 1. The van der Waals surface area contributed by atoms with Gasteiger partial charge in [-0.2, -0.15) is 0 Å². The summed E-state index contributed by atoms with van der Waals surface area (Å²) in [5.41, 5.74) is 8.70. The van der Waals surface area contributed by atoms with Gasteiger partial charge in [-0.05, 0) is 48.4 Å². The average Bonchev–Trinajstić information content (AvgIpc) is 2.34. The summed E-state index contributed by atoms with van der Waals surface area (Å²) in [5.74, 6) is 0.884. The maximum Gasteiger partial charge on any atom is 0.122 e. The van der Waals surface area contributed by atoms with E-state index in [1.54, 1.807) is 0 Å². The fraction of sp³-hybridized carbons (Fsp3) is 0.200. The van der Waals surface area contributed by atoms with E-state index in [0.29, 0.717) is 6.61 Å². The molecule has 0 heterocycles. The highest BCUT2D eigenvalue weighted by Gasteiger charge is 2.00. The summed E-state index contributed by atoms with van der Waals surface area (Å²) in [5, 5.41) is 0.735. The van der Waals surface area contributed by atoms with Crippen LogP contribution in [-0.4, -0.2) is 6.61 Å². The van der Waals surface area contributed by atoms with Gasteiger partial charge in [-0.1, -0.05) is 23.7 Å². The molecule has 2 rings (SSSR count). The minimum absolute atomic E-state index is 0.645. The van der Waals surface area contributed by atoms with Gasteiger partial charge >= 0.3 is 0 Å². The highest BCUT2D eigenvalue weighted by molar-refractivity contribution is 6.30. The topological polar surface area (TPSA) is 35.2 Å². The zero-order valence-electron chi connectivity index (χ0n) is 10.3. The standard InChI is InChI=1S/C15H16ClNO/c1-11-10-13(16)4-7-15(11)18-9-8-12-2-5-14(17)6-3-12/h2-7,10H,8-9,17H2,1H3. The predicted octanol–water partition coefficient (Wildman–Crippen LogP) is 3.85. The third-order valence-corrected chi connectivity index (χ3v) is 3.00. The Morgan fingerprint density at radius 3 is 2.50 bits per heavy atom. The van der Waals surface area contributed by atoms with E-state index in [2.05, 4.69) is 0 Å². The number of halogens is 1. The number of rotatable bonds is 4. The van der Waals surface area contributed by atoms with Crippen LogP contribution in [0.25, 0.3) is 0 Å². The Morgan fingerprint density at radius 1 is 1.11 bits per heavy atom. The smallest absolute Gasteiger partial charge is 0.122 e. The Hall–Kier alpha value is -1.67. The van der Waals surface area contributed by atoms with Gasteiger partial charge in [0.1, 0.15) is 5.75 Å². The van der Waals surface area contributed by atoms with Gasteiger partial charge in [-0.15, -0.1) is 0 Å². The first kappa shape index (κ1) is 12.8. The van der Waals surface area contributed by atoms with Crippen LogP contribution in [0.5, 0.6) is 5.75 Å². The minimum atomic E-state index is 0.645. The molecule has 0 aliphatic rings. The van der Waals surface area contributed by atoms with E-state index >= 15 is 0 Å². The molecule has 2 N–H and O–H groups in total. The Bertz CT molecular complexity index is 523. The van der Waals surface area contributed by atoms with Crippen molar-refractivity contribution in [2.75, 3.05) is 12.3 Å². The summed E-state index contributed by atoms with van der Waals surface area (Å²) >= 11 is 5.89. The second-order valence-electron chi connectivity index (χ2n) is 4.25. The highest BCUT2D eigenvalue weighted by Crippen LogP contribution is 2.21. The zero-order chi connectivity index (χ0) is 13.0. The van der Waals surface area contributed by atoms with Crippen molar-refractivity contribution in [3.8, 4) is 5.75 Å². The van der Waals surface area contributed by atoms with Crippen LogP contribution in [0.1, 0.15) is 11.1 Å². The van der Waals surface area contributed by atoms with Gasteiger partial charge in [0.2, 0.25) is 0 Å². The average molecular weight is 262 g/mol. The SMILES string of the molecule is Cc1cc(Cl)ccc1OCCc1ccc(N)cc1. The molecule has 0 saturated carbocycles. The van der Waals surface area contributed by atoms with Crippen molar-refractivity contribution in [3.63, 3.8) is 0 Å². The largest absolute Gasteiger partial charge is 0.493 e. The van der Waals surface area contributed by atoms with E-state index in [1.807, 2.05) is 49.4 Å². The lowest BCUT2D eigenvalue weighted by Crippen LogP contribution is -2.02. The molecular formula is C15H16ClNO. The van der Waals surface area contributed by atoms with Gasteiger partial charge in [0.05, 0.1) is 6.61 Å². The fourth-order valence-corrected chi connectivity index (χ4v) is 1.96. The molecule has 18 heavy (non-hydrogen) atoms. The van der Waals surface area contributed by atoms with E-state index in [0.717, 1.165) is 28.4 Å². The molecule has 2 aromatic rings. The van der Waals surface area contributed by atoms with Crippen molar-refractivity contribution in [1.29, 1.82) is 0 Å². The quantitative estimate of drug-likeness (QED) is 0.849. The first-order valence-corrected chi connectivity index (χ1v) is 6.26. The monoisotopic (exact) mass is 261 g/mol. The first-order valence-electron chi connectivity index (χ1n) is 5.88. The third-order valence-electron chi connectivity index (χ3n) is 2.77. The lowest BCUT2D eigenvalue weighted by Gasteiger charge is -2.09. The molecule has 0 saturated heterocycles. The Labute approximate surface area is 112 Å². The van der Waals surface area contributed by atoms with Crippen molar-refractivity contribution in [2.24, 2.45) is 0 Å². The predicted molar refractivity (Wildman–Crippen MR) is 76.2 cm³/mol. The van der Waals surface area contributed by atoms with E-state index in [-0.39, 0.29) is 0 Å². The molecule has 0 atom stereocenters. The van der Waals surface area contributed by atoms with E-state index in [9.17, 15) is 0 Å². The molecule has 0 aliphatic heterocycles. The van der Waals surface area contributed by atoms with Crippen LogP contribution in [-0.2, 0) is 6.42 Å². The highest BCUT2D eigenvalue weighted by atomic mass is 35.5. The number of hydrogen-bond acceptors (Lipinski definition) is 2. The summed E-state index contributed by atoms with van der Waals surface area (Å²) in [7, 11) is 0. The number of benzene rings is 2. The summed E-state index contributed by atoms with van der Waals surface area (Å²) < 4.78 is 5.74. The molecule has 0 radical (unpaired) electrons. The number of nitrogens with two attached hydrogens (primary N) is 1. The number of anilines is 1. The summed E-state index contributed by atoms with van der Waals surface area (Å²) in [6.45, 7) is 2.64. The molecule has 94 valence electrons. The first-order chi connectivity index (χ1) is 8.65. The van der Waals surface area contributed by atoms with Crippen LogP contribution in [0.2, 0.25) is 5.02 Å². The van der Waals surface area contributed by atoms with Crippen LogP contribution in [0, 0.1) is 6.92 Å². The van der Waals surface area contributed by atoms with Crippen molar-refractivity contribution >= 4 is 17.3 Å². The van der Waals surface area contributed by atoms with E-state index < -0.39 is 0 Å². The van der Waals surface area contributed by atoms with Crippen molar-refractivity contribution in [2.45, 2.75) is 13.3 Å². The van der Waals surface area contributed by atoms with Gasteiger partial charge < -0.3 is 10.5 Å². The molecule has 0 fully saturated rings. The van der Waals surface area contributed by atoms with Crippen LogP contribution in [0.4, 0.5) is 5.69 Å². The lowest BCUT2D eigenvalue weighted by molar-refractivity contribution is 0.320. The van der Waals surface area contributed by atoms with Gasteiger partial charge in [0, 0.05) is 17.1 Å². The molecule has 2 aromatic carbocycles. The van der Waals surface area contributed by atoms with Gasteiger partial charge in [0.25, 0.3) is 0 Å².